The van der Waals surface area contributed by atoms with Gasteiger partial charge in [0.05, 0.1) is 25.1 Å². The van der Waals surface area contributed by atoms with Crippen LogP contribution in [0, 0.1) is 0 Å². The number of amides is 2. The number of nitrogens with zero attached hydrogens (tertiary/aromatic N) is 3. The molecule has 4 aromatic rings. The lowest BCUT2D eigenvalue weighted by Crippen LogP contribution is -2.37. The first-order valence-electron chi connectivity index (χ1n) is 12.2. The summed E-state index contributed by atoms with van der Waals surface area (Å²) in [5.41, 5.74) is 7.29. The average molecular weight is 470 g/mol. The van der Waals surface area contributed by atoms with Crippen LogP contribution in [0.4, 0.5) is 10.5 Å². The van der Waals surface area contributed by atoms with Crippen LogP contribution < -0.4 is 10.6 Å². The molecule has 0 saturated carbocycles. The van der Waals surface area contributed by atoms with E-state index in [4.69, 9.17) is 4.74 Å². The van der Waals surface area contributed by atoms with Gasteiger partial charge in [0.25, 0.3) is 0 Å². The molecular weight excluding hydrogens is 438 g/mol. The fourth-order valence-electron chi connectivity index (χ4n) is 4.48. The fraction of sp³-hybridized carbons (Fsp3) is 0.286. The van der Waals surface area contributed by atoms with Gasteiger partial charge in [-0.15, -0.1) is 0 Å². The Balaban J connectivity index is 1.34. The van der Waals surface area contributed by atoms with Gasteiger partial charge in [-0.05, 0) is 54.3 Å². The van der Waals surface area contributed by atoms with Crippen molar-refractivity contribution in [1.82, 2.24) is 19.6 Å². The molecule has 2 aromatic carbocycles. The first-order chi connectivity index (χ1) is 17.2. The molecule has 1 saturated heterocycles. The molecular formula is C28H31N5O2. The maximum Gasteiger partial charge on any atom is 0.319 e. The number of hydrogen-bond donors (Lipinski definition) is 2. The molecule has 0 aliphatic carbocycles. The standard InChI is InChI=1S/C28H31N5O2/c1-2-29-28(34)31-25-8-4-7-24(18-25)26-20-30-27-19-23(10-12-33(26)27)22-6-3-5-21(17-22)9-11-32-13-15-35-16-14-32/h3-8,10,12,17-20H,2,9,11,13-16H2,1H3,(H2,29,31,34). The molecule has 0 radical (unpaired) electrons. The van der Waals surface area contributed by atoms with Gasteiger partial charge in [0.15, 0.2) is 0 Å². The van der Waals surface area contributed by atoms with Gasteiger partial charge >= 0.3 is 6.03 Å². The van der Waals surface area contributed by atoms with E-state index in [-0.39, 0.29) is 6.03 Å². The van der Waals surface area contributed by atoms with E-state index in [1.807, 2.05) is 37.4 Å². The van der Waals surface area contributed by atoms with Gasteiger partial charge in [-0.3, -0.25) is 9.30 Å². The van der Waals surface area contributed by atoms with Crippen molar-refractivity contribution >= 4 is 17.4 Å². The lowest BCUT2D eigenvalue weighted by molar-refractivity contribution is 0.0384. The van der Waals surface area contributed by atoms with E-state index >= 15 is 0 Å². The summed E-state index contributed by atoms with van der Waals surface area (Å²) >= 11 is 0. The number of aromatic nitrogens is 2. The van der Waals surface area contributed by atoms with E-state index in [0.29, 0.717) is 6.54 Å². The molecule has 5 rings (SSSR count). The Kier molecular flexibility index (Phi) is 7.07. The SMILES string of the molecule is CCNC(=O)Nc1cccc(-c2cnc3cc(-c4cccc(CCN5CCOCC5)c4)ccn23)c1. The highest BCUT2D eigenvalue weighted by Gasteiger charge is 2.11. The Morgan fingerprint density at radius 1 is 1.00 bits per heavy atom. The van der Waals surface area contributed by atoms with Gasteiger partial charge in [0.2, 0.25) is 0 Å². The summed E-state index contributed by atoms with van der Waals surface area (Å²) in [6.45, 7) is 7.24. The Bertz CT molecular complexity index is 1310. The van der Waals surface area contributed by atoms with Crippen LogP contribution in [0.15, 0.2) is 73.1 Å². The monoisotopic (exact) mass is 469 g/mol. The Hall–Kier alpha value is -3.68. The zero-order valence-electron chi connectivity index (χ0n) is 20.0. The number of rotatable bonds is 7. The van der Waals surface area contributed by atoms with Gasteiger partial charge in [-0.25, -0.2) is 9.78 Å². The van der Waals surface area contributed by atoms with Crippen LogP contribution in [-0.2, 0) is 11.2 Å². The molecule has 0 bridgehead atoms. The number of fused-ring (bicyclic) bond motifs is 1. The number of benzene rings is 2. The van der Waals surface area contributed by atoms with Crippen LogP contribution in [0.25, 0.3) is 28.0 Å². The molecule has 0 atom stereocenters. The van der Waals surface area contributed by atoms with Gasteiger partial charge in [0, 0.05) is 43.6 Å². The van der Waals surface area contributed by atoms with Crippen molar-refractivity contribution in [1.29, 1.82) is 0 Å². The average Bonchev–Trinajstić information content (AvgIpc) is 3.32. The molecule has 180 valence electrons. The quantitative estimate of drug-likeness (QED) is 0.412. The highest BCUT2D eigenvalue weighted by atomic mass is 16.5. The number of hydrogen-bond acceptors (Lipinski definition) is 4. The minimum Gasteiger partial charge on any atom is -0.379 e. The fourth-order valence-corrected chi connectivity index (χ4v) is 4.48. The number of carbonyl (C=O) groups excluding carboxylic acids is 1. The van der Waals surface area contributed by atoms with E-state index in [9.17, 15) is 4.79 Å². The topological polar surface area (TPSA) is 70.9 Å². The zero-order chi connectivity index (χ0) is 24.0. The zero-order valence-corrected chi connectivity index (χ0v) is 20.0. The summed E-state index contributed by atoms with van der Waals surface area (Å²) in [7, 11) is 0. The number of urea groups is 1. The highest BCUT2D eigenvalue weighted by Crippen LogP contribution is 2.27. The van der Waals surface area contributed by atoms with Gasteiger partial charge in [-0.1, -0.05) is 36.4 Å². The molecule has 7 nitrogen and oxygen atoms in total. The highest BCUT2D eigenvalue weighted by molar-refractivity contribution is 5.90. The summed E-state index contributed by atoms with van der Waals surface area (Å²) in [6.07, 6.45) is 4.98. The summed E-state index contributed by atoms with van der Waals surface area (Å²) < 4.78 is 7.54. The van der Waals surface area contributed by atoms with E-state index in [1.165, 1.54) is 11.1 Å². The summed E-state index contributed by atoms with van der Waals surface area (Å²) in [6, 6.07) is 20.6. The number of pyridine rings is 1. The van der Waals surface area contributed by atoms with Crippen LogP contribution >= 0.6 is 0 Å². The third-order valence-corrected chi connectivity index (χ3v) is 6.35. The minimum absolute atomic E-state index is 0.209. The van der Waals surface area contributed by atoms with Crippen molar-refractivity contribution in [3.8, 4) is 22.4 Å². The Labute approximate surface area is 205 Å². The molecule has 1 aliphatic heterocycles. The Morgan fingerprint density at radius 3 is 2.66 bits per heavy atom. The van der Waals surface area contributed by atoms with E-state index < -0.39 is 0 Å². The molecule has 2 aromatic heterocycles. The second kappa shape index (κ2) is 10.7. The number of imidazole rings is 1. The molecule has 2 N–H and O–H groups in total. The van der Waals surface area contributed by atoms with Gasteiger partial charge in [0.1, 0.15) is 5.65 Å². The summed E-state index contributed by atoms with van der Waals surface area (Å²) in [5.74, 6) is 0. The van der Waals surface area contributed by atoms with Gasteiger partial charge in [-0.2, -0.15) is 0 Å². The molecule has 7 heteroatoms. The molecule has 35 heavy (non-hydrogen) atoms. The number of nitrogens with one attached hydrogen (secondary N) is 2. The van der Waals surface area contributed by atoms with Crippen molar-refractivity contribution in [3.63, 3.8) is 0 Å². The van der Waals surface area contributed by atoms with Crippen LogP contribution in [0.5, 0.6) is 0 Å². The van der Waals surface area contributed by atoms with Gasteiger partial charge < -0.3 is 15.4 Å². The third kappa shape index (κ3) is 5.53. The maximum absolute atomic E-state index is 11.9. The number of morpholine rings is 1. The van der Waals surface area contributed by atoms with Crippen molar-refractivity contribution in [3.05, 3.63) is 78.6 Å². The molecule has 2 amide bonds. The number of anilines is 1. The lowest BCUT2D eigenvalue weighted by atomic mass is 10.0. The lowest BCUT2D eigenvalue weighted by Gasteiger charge is -2.26. The summed E-state index contributed by atoms with van der Waals surface area (Å²) in [4.78, 5) is 19.0. The molecule has 0 spiro atoms. The van der Waals surface area contributed by atoms with Crippen molar-refractivity contribution in [2.45, 2.75) is 13.3 Å². The predicted octanol–water partition coefficient (Wildman–Crippen LogP) is 4.68. The third-order valence-electron chi connectivity index (χ3n) is 6.35. The molecule has 0 unspecified atom stereocenters. The van der Waals surface area contributed by atoms with Crippen molar-refractivity contribution < 1.29 is 9.53 Å². The maximum atomic E-state index is 11.9. The van der Waals surface area contributed by atoms with E-state index in [2.05, 4.69) is 67.5 Å². The summed E-state index contributed by atoms with van der Waals surface area (Å²) in [5, 5.41) is 5.62. The second-order valence-electron chi connectivity index (χ2n) is 8.76. The van der Waals surface area contributed by atoms with Crippen molar-refractivity contribution in [2.75, 3.05) is 44.7 Å². The second-order valence-corrected chi connectivity index (χ2v) is 8.76. The van der Waals surface area contributed by atoms with Crippen LogP contribution in [0.2, 0.25) is 0 Å². The largest absolute Gasteiger partial charge is 0.379 e. The predicted molar refractivity (Wildman–Crippen MR) is 140 cm³/mol. The minimum atomic E-state index is -0.209. The number of ether oxygens (including phenoxy) is 1. The van der Waals surface area contributed by atoms with Crippen LogP contribution in [0.1, 0.15) is 12.5 Å². The van der Waals surface area contributed by atoms with Crippen molar-refractivity contribution in [2.24, 2.45) is 0 Å². The molecule has 1 aliphatic rings. The molecule has 1 fully saturated rings. The Morgan fingerprint density at radius 2 is 1.80 bits per heavy atom. The first kappa shape index (κ1) is 23.1. The van der Waals surface area contributed by atoms with Crippen LogP contribution in [-0.4, -0.2) is 59.7 Å². The number of carbonyl (C=O) groups is 1. The normalized spacial score (nSPS) is 14.2. The van der Waals surface area contributed by atoms with E-state index in [0.717, 1.165) is 67.4 Å². The first-order valence-corrected chi connectivity index (χ1v) is 12.2. The van der Waals surface area contributed by atoms with E-state index in [1.54, 1.807) is 0 Å². The molecule has 3 heterocycles. The van der Waals surface area contributed by atoms with Crippen LogP contribution in [0.3, 0.4) is 0 Å². The smallest absolute Gasteiger partial charge is 0.319 e.